The number of benzene rings is 2. The molecule has 156 valence electrons. The number of rotatable bonds is 4. The van der Waals surface area contributed by atoms with Crippen molar-refractivity contribution in [2.45, 2.75) is 37.8 Å². The van der Waals surface area contributed by atoms with Crippen LogP contribution in [0.15, 0.2) is 58.5 Å². The molecule has 0 unspecified atom stereocenters. The van der Waals surface area contributed by atoms with Crippen LogP contribution in [0.4, 0.5) is 11.4 Å². The van der Waals surface area contributed by atoms with E-state index in [1.807, 2.05) is 41.3 Å². The van der Waals surface area contributed by atoms with Crippen molar-refractivity contribution in [2.24, 2.45) is 21.5 Å². The summed E-state index contributed by atoms with van der Waals surface area (Å²) in [7, 11) is 1.59. The van der Waals surface area contributed by atoms with E-state index in [9.17, 15) is 4.79 Å². The maximum atomic E-state index is 12.9. The van der Waals surface area contributed by atoms with Crippen LogP contribution in [0, 0.1) is 0 Å². The van der Waals surface area contributed by atoms with Crippen LogP contribution < -0.4 is 26.4 Å². The summed E-state index contributed by atoms with van der Waals surface area (Å²) in [5.41, 5.74) is 13.6. The van der Waals surface area contributed by atoms with Crippen LogP contribution in [0.25, 0.3) is 0 Å². The molecule has 0 aromatic heterocycles. The Kier molecular flexibility index (Phi) is 5.31. The SMILES string of the molecule is COc1cccc(NC(=O)c2cccc(N3C(N)=NC(N)=NC34CCCCC4)c2)c1. The lowest BCUT2D eigenvalue weighted by atomic mass is 9.87. The molecular formula is C22H26N6O2. The largest absolute Gasteiger partial charge is 0.497 e. The molecule has 0 atom stereocenters. The summed E-state index contributed by atoms with van der Waals surface area (Å²) in [4.78, 5) is 23.7. The van der Waals surface area contributed by atoms with Gasteiger partial charge in [-0.15, -0.1) is 0 Å². The van der Waals surface area contributed by atoms with Crippen molar-refractivity contribution in [3.05, 3.63) is 54.1 Å². The molecule has 2 aliphatic rings. The predicted molar refractivity (Wildman–Crippen MR) is 119 cm³/mol. The monoisotopic (exact) mass is 406 g/mol. The smallest absolute Gasteiger partial charge is 0.255 e. The fourth-order valence-corrected chi connectivity index (χ4v) is 4.19. The number of hydrogen-bond donors (Lipinski definition) is 3. The zero-order valence-electron chi connectivity index (χ0n) is 17.0. The minimum absolute atomic E-state index is 0.206. The van der Waals surface area contributed by atoms with E-state index >= 15 is 0 Å². The van der Waals surface area contributed by atoms with Crippen LogP contribution in [0.2, 0.25) is 0 Å². The molecule has 8 nitrogen and oxygen atoms in total. The molecule has 0 bridgehead atoms. The number of guanidine groups is 2. The Balaban J connectivity index is 1.63. The van der Waals surface area contributed by atoms with Crippen LogP contribution >= 0.6 is 0 Å². The van der Waals surface area contributed by atoms with Gasteiger partial charge in [0.2, 0.25) is 11.9 Å². The summed E-state index contributed by atoms with van der Waals surface area (Å²) in [5, 5.41) is 2.91. The molecule has 30 heavy (non-hydrogen) atoms. The second-order valence-electron chi connectivity index (χ2n) is 7.55. The average molecular weight is 406 g/mol. The van der Waals surface area contributed by atoms with E-state index < -0.39 is 5.66 Å². The first kappa shape index (κ1) is 19.8. The molecule has 1 amide bonds. The topological polar surface area (TPSA) is 118 Å². The van der Waals surface area contributed by atoms with E-state index in [0.29, 0.717) is 23.0 Å². The number of nitrogens with zero attached hydrogens (tertiary/aromatic N) is 3. The first-order chi connectivity index (χ1) is 14.5. The van der Waals surface area contributed by atoms with Gasteiger partial charge in [0.15, 0.2) is 0 Å². The number of carbonyl (C=O) groups is 1. The number of ether oxygens (including phenoxy) is 1. The van der Waals surface area contributed by atoms with Gasteiger partial charge in [-0.3, -0.25) is 9.69 Å². The fourth-order valence-electron chi connectivity index (χ4n) is 4.19. The van der Waals surface area contributed by atoms with Gasteiger partial charge in [0.05, 0.1) is 7.11 Å². The normalized spacial score (nSPS) is 17.8. The Labute approximate surface area is 175 Å². The van der Waals surface area contributed by atoms with Crippen LogP contribution in [-0.2, 0) is 0 Å². The van der Waals surface area contributed by atoms with Gasteiger partial charge in [-0.1, -0.05) is 18.6 Å². The summed E-state index contributed by atoms with van der Waals surface area (Å²) in [6.45, 7) is 0. The van der Waals surface area contributed by atoms with Gasteiger partial charge in [0.1, 0.15) is 11.4 Å². The standard InChI is InChI=1S/C22H26N6O2/c1-30-18-10-6-8-16(14-18)25-19(29)15-7-5-9-17(13-15)28-21(24)26-20(23)27-22(28)11-3-2-4-12-22/h5-10,13-14H,2-4,11-12H2,1H3,(H,25,29)(H4,23,24,26,27). The van der Waals surface area contributed by atoms with Gasteiger partial charge in [0.25, 0.3) is 5.91 Å². The van der Waals surface area contributed by atoms with Gasteiger partial charge in [-0.2, -0.15) is 4.99 Å². The fraction of sp³-hybridized carbons (Fsp3) is 0.318. The molecular weight excluding hydrogens is 380 g/mol. The van der Waals surface area contributed by atoms with Crippen molar-refractivity contribution in [3.8, 4) is 5.75 Å². The molecule has 5 N–H and O–H groups in total. The third-order valence-corrected chi connectivity index (χ3v) is 5.55. The summed E-state index contributed by atoms with van der Waals surface area (Å²) in [6, 6.07) is 14.6. The van der Waals surface area contributed by atoms with Gasteiger partial charge in [0, 0.05) is 23.0 Å². The van der Waals surface area contributed by atoms with E-state index in [0.717, 1.165) is 37.8 Å². The second-order valence-corrected chi connectivity index (χ2v) is 7.55. The lowest BCUT2D eigenvalue weighted by molar-refractivity contribution is 0.102. The van der Waals surface area contributed by atoms with Crippen molar-refractivity contribution < 1.29 is 9.53 Å². The van der Waals surface area contributed by atoms with E-state index in [-0.39, 0.29) is 11.9 Å². The molecule has 1 aliphatic carbocycles. The molecule has 0 radical (unpaired) electrons. The third kappa shape index (κ3) is 3.80. The summed E-state index contributed by atoms with van der Waals surface area (Å²) in [6.07, 6.45) is 4.91. The van der Waals surface area contributed by atoms with Gasteiger partial charge in [-0.05, 0) is 56.0 Å². The van der Waals surface area contributed by atoms with E-state index in [1.54, 1.807) is 19.2 Å². The first-order valence-electron chi connectivity index (χ1n) is 10.1. The van der Waals surface area contributed by atoms with E-state index in [4.69, 9.17) is 16.2 Å². The Hall–Kier alpha value is -3.55. The molecule has 1 saturated carbocycles. The van der Waals surface area contributed by atoms with Crippen molar-refractivity contribution in [2.75, 3.05) is 17.3 Å². The molecule has 2 aromatic rings. The number of carbonyl (C=O) groups excluding carboxylic acids is 1. The molecule has 2 aromatic carbocycles. The number of anilines is 2. The average Bonchev–Trinajstić information content (AvgIpc) is 2.74. The highest BCUT2D eigenvalue weighted by molar-refractivity contribution is 6.08. The van der Waals surface area contributed by atoms with Crippen molar-refractivity contribution >= 4 is 29.2 Å². The van der Waals surface area contributed by atoms with Crippen molar-refractivity contribution in [3.63, 3.8) is 0 Å². The van der Waals surface area contributed by atoms with Crippen LogP contribution in [0.5, 0.6) is 5.75 Å². The van der Waals surface area contributed by atoms with Crippen LogP contribution in [0.3, 0.4) is 0 Å². The van der Waals surface area contributed by atoms with Gasteiger partial charge in [-0.25, -0.2) is 4.99 Å². The van der Waals surface area contributed by atoms with Crippen molar-refractivity contribution in [1.82, 2.24) is 0 Å². The number of nitrogens with one attached hydrogen (secondary N) is 1. The highest BCUT2D eigenvalue weighted by Gasteiger charge is 2.42. The maximum absolute atomic E-state index is 12.9. The number of aliphatic imine (C=N–C) groups is 2. The minimum Gasteiger partial charge on any atom is -0.497 e. The Bertz CT molecular complexity index is 1010. The maximum Gasteiger partial charge on any atom is 0.255 e. The first-order valence-corrected chi connectivity index (χ1v) is 10.1. The molecule has 4 rings (SSSR count). The van der Waals surface area contributed by atoms with E-state index in [1.165, 1.54) is 0 Å². The zero-order chi connectivity index (χ0) is 21.1. The molecule has 1 fully saturated rings. The lowest BCUT2D eigenvalue weighted by Crippen LogP contribution is -2.58. The molecule has 1 aliphatic heterocycles. The number of methoxy groups -OCH3 is 1. The Morgan fingerprint density at radius 1 is 1.10 bits per heavy atom. The van der Waals surface area contributed by atoms with Gasteiger partial charge < -0.3 is 21.5 Å². The van der Waals surface area contributed by atoms with E-state index in [2.05, 4.69) is 15.3 Å². The summed E-state index contributed by atoms with van der Waals surface area (Å²) in [5.74, 6) is 0.958. The predicted octanol–water partition coefficient (Wildman–Crippen LogP) is 3.06. The molecule has 1 heterocycles. The third-order valence-electron chi connectivity index (χ3n) is 5.55. The summed E-state index contributed by atoms with van der Waals surface area (Å²) < 4.78 is 5.22. The van der Waals surface area contributed by atoms with Crippen LogP contribution in [0.1, 0.15) is 42.5 Å². The molecule has 1 spiro atoms. The molecule has 0 saturated heterocycles. The lowest BCUT2D eigenvalue weighted by Gasteiger charge is -2.45. The highest BCUT2D eigenvalue weighted by Crippen LogP contribution is 2.39. The number of hydrogen-bond acceptors (Lipinski definition) is 7. The Morgan fingerprint density at radius 3 is 2.63 bits per heavy atom. The second kappa shape index (κ2) is 8.06. The van der Waals surface area contributed by atoms with Gasteiger partial charge >= 0.3 is 0 Å². The van der Waals surface area contributed by atoms with Crippen molar-refractivity contribution in [1.29, 1.82) is 0 Å². The highest BCUT2D eigenvalue weighted by atomic mass is 16.5. The number of nitrogens with two attached hydrogens (primary N) is 2. The minimum atomic E-state index is -0.546. The Morgan fingerprint density at radius 2 is 1.87 bits per heavy atom. The number of amides is 1. The molecule has 8 heteroatoms. The quantitative estimate of drug-likeness (QED) is 0.721. The zero-order valence-corrected chi connectivity index (χ0v) is 17.0. The van der Waals surface area contributed by atoms with Crippen LogP contribution in [-0.4, -0.2) is 30.6 Å². The summed E-state index contributed by atoms with van der Waals surface area (Å²) >= 11 is 0.